The van der Waals surface area contributed by atoms with Gasteiger partial charge in [0.25, 0.3) is 0 Å². The second kappa shape index (κ2) is 8.31. The van der Waals surface area contributed by atoms with Crippen LogP contribution in [0.3, 0.4) is 0 Å². The van der Waals surface area contributed by atoms with Crippen molar-refractivity contribution in [3.05, 3.63) is 46.0 Å². The molecular weight excluding hydrogens is 374 g/mol. The maximum absolute atomic E-state index is 12.3. The molecule has 3 rings (SSSR count). The molecule has 0 saturated carbocycles. The zero-order chi connectivity index (χ0) is 20.3. The van der Waals surface area contributed by atoms with Crippen molar-refractivity contribution in [1.82, 2.24) is 9.88 Å². The van der Waals surface area contributed by atoms with Gasteiger partial charge in [0.05, 0.1) is 12.2 Å². The van der Waals surface area contributed by atoms with Gasteiger partial charge in [-0.1, -0.05) is 41.2 Å². The van der Waals surface area contributed by atoms with Crippen LogP contribution in [-0.2, 0) is 28.9 Å². The van der Waals surface area contributed by atoms with Crippen molar-refractivity contribution < 1.29 is 14.3 Å². The van der Waals surface area contributed by atoms with Gasteiger partial charge in [-0.05, 0) is 39.7 Å². The van der Waals surface area contributed by atoms with Gasteiger partial charge in [-0.3, -0.25) is 4.79 Å². The molecule has 0 radical (unpaired) electrons. The molecule has 1 aromatic heterocycles. The molecule has 0 aliphatic carbocycles. The molecule has 0 saturated heterocycles. The van der Waals surface area contributed by atoms with Crippen LogP contribution in [-0.4, -0.2) is 34.0 Å². The molecule has 1 aliphatic heterocycles. The highest BCUT2D eigenvalue weighted by atomic mass is 32.1. The molecule has 0 unspecified atom stereocenters. The highest BCUT2D eigenvalue weighted by Gasteiger charge is 2.28. The van der Waals surface area contributed by atoms with Crippen LogP contribution in [0.5, 0.6) is 0 Å². The minimum Gasteiger partial charge on any atom is -0.444 e. The number of benzene rings is 1. The molecule has 0 fully saturated rings. The molecule has 7 heteroatoms. The zero-order valence-corrected chi connectivity index (χ0v) is 17.7. The van der Waals surface area contributed by atoms with E-state index < -0.39 is 5.60 Å². The Balaban J connectivity index is 1.55. The molecular formula is C21H27N3O3S. The van der Waals surface area contributed by atoms with Crippen LogP contribution in [0.2, 0.25) is 0 Å². The van der Waals surface area contributed by atoms with Crippen LogP contribution in [0.4, 0.5) is 9.93 Å². The first-order valence-corrected chi connectivity index (χ1v) is 10.3. The number of hydrogen-bond donors (Lipinski definition) is 1. The van der Waals surface area contributed by atoms with E-state index in [1.165, 1.54) is 16.9 Å². The molecule has 2 amide bonds. The van der Waals surface area contributed by atoms with Crippen LogP contribution < -0.4 is 5.32 Å². The van der Waals surface area contributed by atoms with E-state index in [1.807, 2.05) is 45.9 Å². The number of ether oxygens (including phenoxy) is 1. The lowest BCUT2D eigenvalue weighted by atomic mass is 10.1. The van der Waals surface area contributed by atoms with Crippen LogP contribution in [0.15, 0.2) is 24.3 Å². The molecule has 1 aromatic carbocycles. The van der Waals surface area contributed by atoms with E-state index >= 15 is 0 Å². The Bertz CT molecular complexity index is 870. The van der Waals surface area contributed by atoms with Crippen LogP contribution >= 0.6 is 11.3 Å². The Labute approximate surface area is 169 Å². The van der Waals surface area contributed by atoms with Crippen molar-refractivity contribution in [3.63, 3.8) is 0 Å². The summed E-state index contributed by atoms with van der Waals surface area (Å²) >= 11 is 1.43. The van der Waals surface area contributed by atoms with Gasteiger partial charge in [-0.25, -0.2) is 9.78 Å². The maximum Gasteiger partial charge on any atom is 0.410 e. The van der Waals surface area contributed by atoms with E-state index in [2.05, 4.69) is 16.4 Å². The number of rotatable bonds is 4. The van der Waals surface area contributed by atoms with Crippen molar-refractivity contribution >= 4 is 28.5 Å². The second-order valence-electron chi connectivity index (χ2n) is 8.08. The smallest absolute Gasteiger partial charge is 0.410 e. The van der Waals surface area contributed by atoms with E-state index in [-0.39, 0.29) is 12.0 Å². The summed E-state index contributed by atoms with van der Waals surface area (Å²) in [5, 5.41) is 3.50. The van der Waals surface area contributed by atoms with Gasteiger partial charge in [-0.15, -0.1) is 0 Å². The number of aryl methyl sites for hydroxylation is 2. The predicted molar refractivity (Wildman–Crippen MR) is 111 cm³/mol. The van der Waals surface area contributed by atoms with Gasteiger partial charge in [0.2, 0.25) is 5.91 Å². The first-order chi connectivity index (χ1) is 13.2. The third-order valence-electron chi connectivity index (χ3n) is 4.35. The Morgan fingerprint density at radius 1 is 1.32 bits per heavy atom. The van der Waals surface area contributed by atoms with E-state index in [4.69, 9.17) is 4.74 Å². The van der Waals surface area contributed by atoms with E-state index in [1.54, 1.807) is 4.90 Å². The molecule has 28 heavy (non-hydrogen) atoms. The quantitative estimate of drug-likeness (QED) is 0.828. The summed E-state index contributed by atoms with van der Waals surface area (Å²) in [6.07, 6.45) is 1.47. The number of nitrogens with zero attached hydrogens (tertiary/aromatic N) is 2. The third-order valence-corrected chi connectivity index (χ3v) is 5.35. The average molecular weight is 402 g/mol. The topological polar surface area (TPSA) is 71.5 Å². The molecule has 2 heterocycles. The number of carbonyl (C=O) groups is 2. The summed E-state index contributed by atoms with van der Waals surface area (Å²) in [5.41, 5.74) is 2.79. The minimum absolute atomic E-state index is 0.0448. The fourth-order valence-electron chi connectivity index (χ4n) is 3.04. The summed E-state index contributed by atoms with van der Waals surface area (Å²) in [5.74, 6) is -0.0448. The molecule has 1 N–H and O–H groups in total. The molecule has 0 spiro atoms. The lowest BCUT2D eigenvalue weighted by Crippen LogP contribution is -2.39. The Kier molecular flexibility index (Phi) is 6.03. The van der Waals surface area contributed by atoms with Gasteiger partial charge in [0.1, 0.15) is 5.60 Å². The van der Waals surface area contributed by atoms with Crippen molar-refractivity contribution in [1.29, 1.82) is 0 Å². The Morgan fingerprint density at radius 2 is 2.11 bits per heavy atom. The number of carbonyl (C=O) groups excluding carboxylic acids is 2. The van der Waals surface area contributed by atoms with E-state index in [0.29, 0.717) is 37.5 Å². The average Bonchev–Trinajstić information content (AvgIpc) is 2.99. The normalized spacial score (nSPS) is 13.8. The molecule has 0 atom stereocenters. The number of anilines is 1. The molecule has 1 aliphatic rings. The highest BCUT2D eigenvalue weighted by molar-refractivity contribution is 7.15. The van der Waals surface area contributed by atoms with Crippen LogP contribution in [0.25, 0.3) is 0 Å². The fraction of sp³-hybridized carbons (Fsp3) is 0.476. The molecule has 150 valence electrons. The predicted octanol–water partition coefficient (Wildman–Crippen LogP) is 4.32. The molecule has 0 bridgehead atoms. The first kappa shape index (κ1) is 20.3. The number of amides is 2. The summed E-state index contributed by atoms with van der Waals surface area (Å²) in [6, 6.07) is 8.19. The third kappa shape index (κ3) is 5.55. The Hall–Kier alpha value is -2.41. The summed E-state index contributed by atoms with van der Waals surface area (Å²) in [6.45, 7) is 8.67. The summed E-state index contributed by atoms with van der Waals surface area (Å²) < 4.78 is 5.45. The highest BCUT2D eigenvalue weighted by Crippen LogP contribution is 2.29. The standard InChI is InChI=1S/C21H27N3O3S/c1-14-6-5-7-15(12-14)8-9-18(25)23-19-22-16-10-11-24(13-17(16)28-19)20(26)27-21(2,3)4/h5-7,12H,8-11,13H2,1-4H3,(H,22,23,25). The second-order valence-corrected chi connectivity index (χ2v) is 9.16. The summed E-state index contributed by atoms with van der Waals surface area (Å²) in [4.78, 5) is 31.8. The van der Waals surface area contributed by atoms with Gasteiger partial charge in [0.15, 0.2) is 5.13 Å². The monoisotopic (exact) mass is 401 g/mol. The first-order valence-electron chi connectivity index (χ1n) is 9.51. The fourth-order valence-corrected chi connectivity index (χ4v) is 4.08. The van der Waals surface area contributed by atoms with Crippen LogP contribution in [0, 0.1) is 6.92 Å². The maximum atomic E-state index is 12.3. The number of thiazole rings is 1. The number of fused-ring (bicyclic) bond motifs is 1. The zero-order valence-electron chi connectivity index (χ0n) is 16.9. The number of hydrogen-bond acceptors (Lipinski definition) is 5. The van der Waals surface area contributed by atoms with Crippen molar-refractivity contribution in [2.24, 2.45) is 0 Å². The minimum atomic E-state index is -0.512. The largest absolute Gasteiger partial charge is 0.444 e. The van der Waals surface area contributed by atoms with Gasteiger partial charge >= 0.3 is 6.09 Å². The van der Waals surface area contributed by atoms with Crippen molar-refractivity contribution in [2.45, 2.75) is 59.1 Å². The molecule has 2 aromatic rings. The van der Waals surface area contributed by atoms with Gasteiger partial charge in [-0.2, -0.15) is 0 Å². The SMILES string of the molecule is Cc1cccc(CCC(=O)Nc2nc3c(s2)CN(C(=O)OC(C)(C)C)CC3)c1. The molecule has 6 nitrogen and oxygen atoms in total. The summed E-state index contributed by atoms with van der Waals surface area (Å²) in [7, 11) is 0. The lowest BCUT2D eigenvalue weighted by molar-refractivity contribution is -0.116. The van der Waals surface area contributed by atoms with E-state index in [0.717, 1.165) is 16.1 Å². The Morgan fingerprint density at radius 3 is 2.82 bits per heavy atom. The number of aromatic nitrogens is 1. The van der Waals surface area contributed by atoms with Gasteiger partial charge < -0.3 is 15.0 Å². The van der Waals surface area contributed by atoms with Crippen molar-refractivity contribution in [2.75, 3.05) is 11.9 Å². The number of nitrogens with one attached hydrogen (secondary N) is 1. The van der Waals surface area contributed by atoms with Gasteiger partial charge in [0, 0.05) is 24.3 Å². The van der Waals surface area contributed by atoms with E-state index in [9.17, 15) is 9.59 Å². The van der Waals surface area contributed by atoms with Crippen LogP contribution in [0.1, 0.15) is 48.9 Å². The van der Waals surface area contributed by atoms with Crippen molar-refractivity contribution in [3.8, 4) is 0 Å². The lowest BCUT2D eigenvalue weighted by Gasteiger charge is -2.29.